The Morgan fingerprint density at radius 3 is 2.14 bits per heavy atom. The Kier molecular flexibility index (Phi) is 3.37. The molecule has 0 radical (unpaired) electrons. The molecule has 0 heterocycles. The second kappa shape index (κ2) is 4.75. The fourth-order valence-electron chi connectivity index (χ4n) is 1.29. The molecule has 0 aliphatic heterocycles. The third kappa shape index (κ3) is 2.45. The Balaban J connectivity index is 2.24. The van der Waals surface area contributed by atoms with Gasteiger partial charge in [0.1, 0.15) is 0 Å². The molecule has 0 amide bonds. The van der Waals surface area contributed by atoms with Crippen LogP contribution < -0.4 is 4.24 Å². The second-order valence-corrected chi connectivity index (χ2v) is 4.30. The average molecular weight is 192 g/mol. The van der Waals surface area contributed by atoms with Gasteiger partial charge in [0.25, 0.3) is 0 Å². The molecule has 64 valence electrons. The molecule has 0 nitrogen and oxygen atoms in total. The van der Waals surface area contributed by atoms with E-state index in [2.05, 4.69) is 66.2 Å². The van der Waals surface area contributed by atoms with Gasteiger partial charge in [0, 0.05) is 0 Å². The predicted octanol–water partition coefficient (Wildman–Crippen LogP) is 2.63. The van der Waals surface area contributed by atoms with Gasteiger partial charge in [-0.15, -0.1) is 0 Å². The van der Waals surface area contributed by atoms with Gasteiger partial charge in [-0.05, 0) is 0 Å². The zero-order valence-corrected chi connectivity index (χ0v) is 8.92. The van der Waals surface area contributed by atoms with Crippen LogP contribution in [0.3, 0.4) is 0 Å². The molecule has 2 aromatic carbocycles. The quantitative estimate of drug-likeness (QED) is 0.659. The van der Waals surface area contributed by atoms with Gasteiger partial charge in [-0.25, -0.2) is 0 Å². The van der Waals surface area contributed by atoms with E-state index in [-0.39, 0.29) is 0 Å². The first kappa shape index (κ1) is 9.92. The van der Waals surface area contributed by atoms with Crippen molar-refractivity contribution in [1.29, 1.82) is 0 Å². The molecule has 0 aliphatic rings. The standard InChI is InChI=1S/C12H9S.Li/c1-3-7-11(8-4-1)13-12-9-5-2-6-10-12;/h1-9H;. The Morgan fingerprint density at radius 1 is 0.786 bits per heavy atom. The molecule has 2 aromatic rings. The van der Waals surface area contributed by atoms with E-state index < -0.39 is 0 Å². The first-order valence-electron chi connectivity index (χ1n) is 4.65. The van der Waals surface area contributed by atoms with Gasteiger partial charge in [-0.3, -0.25) is 0 Å². The first-order valence-corrected chi connectivity index (χ1v) is 5.46. The van der Waals surface area contributed by atoms with Gasteiger partial charge in [0.05, 0.1) is 0 Å². The van der Waals surface area contributed by atoms with Crippen molar-refractivity contribution >= 4 is 33.7 Å². The molecule has 0 saturated carbocycles. The Bertz CT molecular complexity index is 412. The summed E-state index contributed by atoms with van der Waals surface area (Å²) < 4.78 is 1.33. The molecular formula is C12H9LiS. The van der Waals surface area contributed by atoms with Crippen molar-refractivity contribution < 1.29 is 0 Å². The van der Waals surface area contributed by atoms with Gasteiger partial charge in [-0.2, -0.15) is 0 Å². The number of hydrogen-bond acceptors (Lipinski definition) is 1. The third-order valence-corrected chi connectivity index (χ3v) is 3.25. The Morgan fingerprint density at radius 2 is 1.43 bits per heavy atom. The Labute approximate surface area is 97.9 Å². The third-order valence-electron chi connectivity index (χ3n) is 2.06. The van der Waals surface area contributed by atoms with Crippen LogP contribution in [0.25, 0.3) is 0 Å². The topological polar surface area (TPSA) is 0 Å². The van der Waals surface area contributed by atoms with Crippen molar-refractivity contribution in [2.24, 2.45) is 0 Å². The zero-order valence-electron chi connectivity index (χ0n) is 8.10. The number of benzene rings is 2. The molecule has 0 spiro atoms. The zero-order chi connectivity index (χ0) is 9.80. The molecule has 0 aromatic heterocycles. The molecular weight excluding hydrogens is 183 g/mol. The van der Waals surface area contributed by atoms with E-state index in [9.17, 15) is 0 Å². The van der Waals surface area contributed by atoms with Crippen LogP contribution in [-0.4, -0.2) is 17.7 Å². The summed E-state index contributed by atoms with van der Waals surface area (Å²) in [6, 6.07) is 18.9. The van der Waals surface area contributed by atoms with E-state index in [1.165, 1.54) is 14.0 Å². The maximum atomic E-state index is 2.16. The van der Waals surface area contributed by atoms with E-state index >= 15 is 0 Å². The molecule has 0 atom stereocenters. The van der Waals surface area contributed by atoms with Crippen molar-refractivity contribution in [1.82, 2.24) is 0 Å². The predicted molar refractivity (Wildman–Crippen MR) is 62.4 cm³/mol. The van der Waals surface area contributed by atoms with Gasteiger partial charge in [0.15, 0.2) is 0 Å². The molecule has 2 rings (SSSR count). The van der Waals surface area contributed by atoms with Crippen molar-refractivity contribution in [3.63, 3.8) is 0 Å². The molecule has 0 N–H and O–H groups in total. The summed E-state index contributed by atoms with van der Waals surface area (Å²) in [5.74, 6) is 0. The summed E-state index contributed by atoms with van der Waals surface area (Å²) in [6.07, 6.45) is 0. The maximum absolute atomic E-state index is 2.16. The summed E-state index contributed by atoms with van der Waals surface area (Å²) in [7, 11) is 0. The van der Waals surface area contributed by atoms with Gasteiger partial charge >= 0.3 is 98.1 Å². The van der Waals surface area contributed by atoms with Crippen LogP contribution in [0.15, 0.2) is 64.4 Å². The number of hydrogen-bond donors (Lipinski definition) is 0. The van der Waals surface area contributed by atoms with Crippen LogP contribution in [0.5, 0.6) is 0 Å². The van der Waals surface area contributed by atoms with Crippen molar-refractivity contribution in [2.45, 2.75) is 9.79 Å². The molecule has 2 heteroatoms. The molecule has 0 bridgehead atoms. The molecule has 0 unspecified atom stereocenters. The fourth-order valence-corrected chi connectivity index (χ4v) is 2.21. The molecule has 14 heavy (non-hydrogen) atoms. The van der Waals surface area contributed by atoms with E-state index in [1.807, 2.05) is 17.8 Å². The molecule has 0 fully saturated rings. The van der Waals surface area contributed by atoms with Crippen LogP contribution in [0, 0.1) is 0 Å². The Hall–Kier alpha value is -0.613. The SMILES string of the molecule is [Li][c]1ccccc1Sc1ccccc1. The molecule has 0 aliphatic carbocycles. The van der Waals surface area contributed by atoms with E-state index in [0.29, 0.717) is 0 Å². The normalized spacial score (nSPS) is 10.1. The van der Waals surface area contributed by atoms with Crippen LogP contribution in [0.1, 0.15) is 0 Å². The summed E-state index contributed by atoms with van der Waals surface area (Å²) >= 11 is 3.96. The van der Waals surface area contributed by atoms with Crippen LogP contribution in [-0.2, 0) is 0 Å². The van der Waals surface area contributed by atoms with Gasteiger partial charge < -0.3 is 0 Å². The summed E-state index contributed by atoms with van der Waals surface area (Å²) in [5.41, 5.74) is 0. The molecule has 0 saturated heterocycles. The summed E-state index contributed by atoms with van der Waals surface area (Å²) in [6.45, 7) is 0. The fraction of sp³-hybridized carbons (Fsp3) is 0. The van der Waals surface area contributed by atoms with E-state index in [0.717, 1.165) is 0 Å². The van der Waals surface area contributed by atoms with E-state index in [1.54, 1.807) is 0 Å². The second-order valence-electron chi connectivity index (χ2n) is 3.18. The van der Waals surface area contributed by atoms with Crippen LogP contribution in [0.4, 0.5) is 0 Å². The van der Waals surface area contributed by atoms with Gasteiger partial charge in [0.2, 0.25) is 0 Å². The first-order chi connectivity index (χ1) is 6.86. The average Bonchev–Trinajstić information content (AvgIpc) is 2.23. The van der Waals surface area contributed by atoms with Crippen molar-refractivity contribution in [3.05, 3.63) is 54.6 Å². The van der Waals surface area contributed by atoms with Gasteiger partial charge in [-0.1, -0.05) is 0 Å². The van der Waals surface area contributed by atoms with E-state index in [4.69, 9.17) is 0 Å². The minimum absolute atomic E-state index is 1.29. The van der Waals surface area contributed by atoms with Crippen LogP contribution >= 0.6 is 11.8 Å². The van der Waals surface area contributed by atoms with Crippen molar-refractivity contribution in [3.8, 4) is 0 Å². The monoisotopic (exact) mass is 192 g/mol. The number of rotatable bonds is 2. The summed E-state index contributed by atoms with van der Waals surface area (Å²) in [4.78, 5) is 2.63. The van der Waals surface area contributed by atoms with Crippen LogP contribution in [0.2, 0.25) is 0 Å². The summed E-state index contributed by atoms with van der Waals surface area (Å²) in [5, 5.41) is 0. The van der Waals surface area contributed by atoms with Crippen molar-refractivity contribution in [2.75, 3.05) is 0 Å². The minimum atomic E-state index is 1.29.